The van der Waals surface area contributed by atoms with Gasteiger partial charge in [-0.05, 0) is 84.2 Å². The standard InChI is InChI=1S/C23H33FN2OS.C6H8O7/c1-6-27-18(3)23(12-11-20-9-10-21(24)28-20)13-14-26(16-23)22(4,5)19-8-7-17(2)25-15-19;7-3(8)1-6(13,5(11)12)2-4(9)10/h7-10,15,18H,6,11-14,16H2,1-5H3;13H,1-2H2,(H,7,8)(H,9,10)(H,11,12)/t18-,23+;/m0./s1. The SMILES string of the molecule is CCO[C@@H](C)[C@]1(CCc2ccc(F)s2)CCN(C(C)(C)c2ccc(C)nc2)C1.O=C(O)CC(O)(CC(=O)O)C(=O)O. The number of aryl methyl sites for hydroxylation is 2. The van der Waals surface area contributed by atoms with Gasteiger partial charge >= 0.3 is 17.9 Å². The van der Waals surface area contributed by atoms with Crippen molar-refractivity contribution < 1.29 is 43.9 Å². The van der Waals surface area contributed by atoms with Crippen molar-refractivity contribution in [3.05, 3.63) is 51.7 Å². The first-order chi connectivity index (χ1) is 19.0. The average Bonchev–Trinajstić information content (AvgIpc) is 3.50. The summed E-state index contributed by atoms with van der Waals surface area (Å²) in [6, 6.07) is 7.79. The Morgan fingerprint density at radius 1 is 1.15 bits per heavy atom. The van der Waals surface area contributed by atoms with Gasteiger partial charge in [0.25, 0.3) is 0 Å². The highest BCUT2D eigenvalue weighted by Gasteiger charge is 2.47. The molecule has 1 aliphatic heterocycles. The molecule has 0 bridgehead atoms. The van der Waals surface area contributed by atoms with Gasteiger partial charge in [-0.2, -0.15) is 4.39 Å². The van der Waals surface area contributed by atoms with E-state index in [9.17, 15) is 18.8 Å². The summed E-state index contributed by atoms with van der Waals surface area (Å²) in [7, 11) is 0. The zero-order valence-corrected chi connectivity index (χ0v) is 25.0. The topological polar surface area (TPSA) is 157 Å². The molecule has 3 heterocycles. The van der Waals surface area contributed by atoms with E-state index in [1.54, 1.807) is 6.07 Å². The minimum absolute atomic E-state index is 0.0799. The van der Waals surface area contributed by atoms with E-state index in [0.717, 1.165) is 49.5 Å². The van der Waals surface area contributed by atoms with E-state index in [-0.39, 0.29) is 22.2 Å². The number of aliphatic hydroxyl groups is 1. The van der Waals surface area contributed by atoms with Crippen molar-refractivity contribution in [1.29, 1.82) is 0 Å². The number of halogens is 1. The Bertz CT molecular complexity index is 1170. The number of carboxylic acids is 3. The maximum atomic E-state index is 13.4. The smallest absolute Gasteiger partial charge is 0.336 e. The van der Waals surface area contributed by atoms with Gasteiger partial charge in [0.2, 0.25) is 0 Å². The zero-order valence-electron chi connectivity index (χ0n) is 24.2. The summed E-state index contributed by atoms with van der Waals surface area (Å²) >= 11 is 1.27. The van der Waals surface area contributed by atoms with E-state index in [0.29, 0.717) is 0 Å². The van der Waals surface area contributed by atoms with Gasteiger partial charge in [-0.25, -0.2) is 4.79 Å². The molecule has 2 aromatic rings. The largest absolute Gasteiger partial charge is 0.481 e. The minimum Gasteiger partial charge on any atom is -0.481 e. The van der Waals surface area contributed by atoms with E-state index in [2.05, 4.69) is 49.7 Å². The molecule has 0 unspecified atom stereocenters. The summed E-state index contributed by atoms with van der Waals surface area (Å²) in [5.41, 5.74) is -0.436. The van der Waals surface area contributed by atoms with Crippen LogP contribution in [0.4, 0.5) is 4.39 Å². The van der Waals surface area contributed by atoms with Crippen LogP contribution < -0.4 is 0 Å². The van der Waals surface area contributed by atoms with Crippen LogP contribution in [0.1, 0.15) is 69.5 Å². The van der Waals surface area contributed by atoms with Gasteiger partial charge in [0.1, 0.15) is 0 Å². The number of carbonyl (C=O) groups is 3. The number of aliphatic carboxylic acids is 3. The van der Waals surface area contributed by atoms with Crippen molar-refractivity contribution in [1.82, 2.24) is 9.88 Å². The van der Waals surface area contributed by atoms with Crippen molar-refractivity contribution >= 4 is 29.2 Å². The predicted molar refractivity (Wildman–Crippen MR) is 151 cm³/mol. The van der Waals surface area contributed by atoms with E-state index < -0.39 is 36.4 Å². The fraction of sp³-hybridized carbons (Fsp3) is 0.586. The van der Waals surface area contributed by atoms with E-state index in [1.165, 1.54) is 16.9 Å². The Morgan fingerprint density at radius 3 is 2.24 bits per heavy atom. The summed E-state index contributed by atoms with van der Waals surface area (Å²) in [6.45, 7) is 13.6. The molecule has 228 valence electrons. The lowest BCUT2D eigenvalue weighted by Crippen LogP contribution is -2.44. The fourth-order valence-electron chi connectivity index (χ4n) is 5.12. The van der Waals surface area contributed by atoms with E-state index >= 15 is 0 Å². The molecule has 1 aliphatic rings. The molecule has 1 saturated heterocycles. The summed E-state index contributed by atoms with van der Waals surface area (Å²) < 4.78 is 19.5. The van der Waals surface area contributed by atoms with Gasteiger partial charge in [0, 0.05) is 40.9 Å². The van der Waals surface area contributed by atoms with Crippen LogP contribution >= 0.6 is 11.3 Å². The molecule has 0 radical (unpaired) electrons. The normalized spacial score (nSPS) is 18.4. The molecule has 2 atom stereocenters. The number of aromatic nitrogens is 1. The minimum atomic E-state index is -2.74. The number of hydrogen-bond acceptors (Lipinski definition) is 8. The highest BCUT2D eigenvalue weighted by molar-refractivity contribution is 7.10. The van der Waals surface area contributed by atoms with Crippen LogP contribution in [0.15, 0.2) is 30.5 Å². The molecular formula is C29H41FN2O8S. The van der Waals surface area contributed by atoms with Gasteiger partial charge < -0.3 is 25.2 Å². The van der Waals surface area contributed by atoms with Crippen molar-refractivity contribution in [2.24, 2.45) is 5.41 Å². The molecular weight excluding hydrogens is 555 g/mol. The number of carboxylic acid groups (broad SMARTS) is 3. The van der Waals surface area contributed by atoms with Crippen LogP contribution in [0.2, 0.25) is 0 Å². The lowest BCUT2D eigenvalue weighted by molar-refractivity contribution is -0.170. The van der Waals surface area contributed by atoms with Crippen LogP contribution in [0, 0.1) is 17.5 Å². The van der Waals surface area contributed by atoms with E-state index in [4.69, 9.17) is 25.2 Å². The number of ether oxygens (including phenoxy) is 1. The third-order valence-electron chi connectivity index (χ3n) is 7.86. The monoisotopic (exact) mass is 596 g/mol. The molecule has 1 fully saturated rings. The van der Waals surface area contributed by atoms with Crippen molar-refractivity contribution in [2.75, 3.05) is 19.7 Å². The second kappa shape index (κ2) is 14.3. The quantitative estimate of drug-likeness (QED) is 0.262. The van der Waals surface area contributed by atoms with Crippen LogP contribution in [0.5, 0.6) is 0 Å². The molecule has 4 N–H and O–H groups in total. The number of nitrogens with zero attached hydrogens (tertiary/aromatic N) is 2. The van der Waals surface area contributed by atoms with Crippen molar-refractivity contribution in [2.45, 2.75) is 84.0 Å². The van der Waals surface area contributed by atoms with Crippen molar-refractivity contribution in [3.8, 4) is 0 Å². The summed E-state index contributed by atoms with van der Waals surface area (Å²) in [5, 5.41) is 33.7. The summed E-state index contributed by atoms with van der Waals surface area (Å²) in [4.78, 5) is 38.7. The molecule has 3 rings (SSSR count). The van der Waals surface area contributed by atoms with Crippen molar-refractivity contribution in [3.63, 3.8) is 0 Å². The Labute approximate surface area is 243 Å². The van der Waals surface area contributed by atoms with Gasteiger partial charge in [0.05, 0.1) is 18.9 Å². The number of pyridine rings is 1. The number of rotatable bonds is 13. The summed E-state index contributed by atoms with van der Waals surface area (Å²) in [5.74, 6) is -5.02. The third-order valence-corrected chi connectivity index (χ3v) is 8.79. The molecule has 0 amide bonds. The van der Waals surface area contributed by atoms with Gasteiger partial charge in [-0.1, -0.05) is 6.07 Å². The first kappa shape index (κ1) is 34.3. The molecule has 0 saturated carbocycles. The fourth-order valence-corrected chi connectivity index (χ4v) is 5.85. The predicted octanol–water partition coefficient (Wildman–Crippen LogP) is 4.33. The Balaban J connectivity index is 0.000000383. The molecule has 0 spiro atoms. The van der Waals surface area contributed by atoms with Gasteiger partial charge in [0.15, 0.2) is 10.7 Å². The Kier molecular flexibility index (Phi) is 12.0. The number of likely N-dealkylation sites (tertiary alicyclic amines) is 1. The lowest BCUT2D eigenvalue weighted by atomic mass is 9.77. The second-order valence-corrected chi connectivity index (χ2v) is 12.2. The highest BCUT2D eigenvalue weighted by atomic mass is 32.1. The maximum absolute atomic E-state index is 13.4. The third kappa shape index (κ3) is 9.29. The summed E-state index contributed by atoms with van der Waals surface area (Å²) in [6.07, 6.45) is 2.93. The molecule has 41 heavy (non-hydrogen) atoms. The first-order valence-electron chi connectivity index (χ1n) is 13.5. The molecule has 0 aromatic carbocycles. The molecule has 0 aliphatic carbocycles. The first-order valence-corrected chi connectivity index (χ1v) is 14.3. The molecule has 2 aromatic heterocycles. The van der Waals surface area contributed by atoms with Gasteiger partial charge in [-0.15, -0.1) is 11.3 Å². The number of hydrogen-bond donors (Lipinski definition) is 4. The zero-order chi connectivity index (χ0) is 31.0. The highest BCUT2D eigenvalue weighted by Crippen LogP contribution is 2.44. The van der Waals surface area contributed by atoms with Crippen LogP contribution in [-0.4, -0.2) is 79.6 Å². The average molecular weight is 597 g/mol. The lowest BCUT2D eigenvalue weighted by Gasteiger charge is -2.40. The van der Waals surface area contributed by atoms with E-state index in [1.807, 2.05) is 19.2 Å². The van der Waals surface area contributed by atoms with Crippen LogP contribution in [-0.2, 0) is 31.1 Å². The Morgan fingerprint density at radius 2 is 1.78 bits per heavy atom. The van der Waals surface area contributed by atoms with Crippen LogP contribution in [0.3, 0.4) is 0 Å². The Hall–Kier alpha value is -2.93. The second-order valence-electron chi connectivity index (χ2n) is 11.1. The van der Waals surface area contributed by atoms with Gasteiger partial charge in [-0.3, -0.25) is 19.5 Å². The molecule has 10 nitrogen and oxygen atoms in total. The van der Waals surface area contributed by atoms with Crippen LogP contribution in [0.25, 0.3) is 0 Å². The number of thiophene rings is 1. The molecule has 12 heteroatoms. The maximum Gasteiger partial charge on any atom is 0.336 e.